The van der Waals surface area contributed by atoms with Crippen molar-refractivity contribution in [2.45, 2.75) is 39.2 Å². The van der Waals surface area contributed by atoms with Gasteiger partial charge in [-0.1, -0.05) is 0 Å². The first-order valence-corrected chi connectivity index (χ1v) is 7.20. The summed E-state index contributed by atoms with van der Waals surface area (Å²) < 4.78 is 0. The molecule has 0 N–H and O–H groups in total. The number of thiazole rings is 1. The van der Waals surface area contributed by atoms with E-state index in [9.17, 15) is 4.79 Å². The maximum absolute atomic E-state index is 10.6. The minimum Gasteiger partial charge on any atom is -0.301 e. The molecule has 94 valence electrons. The first-order valence-electron chi connectivity index (χ1n) is 6.32. The molecular weight excluding hydrogens is 232 g/mol. The van der Waals surface area contributed by atoms with E-state index in [-0.39, 0.29) is 0 Å². The van der Waals surface area contributed by atoms with E-state index in [1.54, 1.807) is 11.3 Å². The lowest BCUT2D eigenvalue weighted by molar-refractivity contribution is 0.111. The molecule has 0 unspecified atom stereocenters. The quantitative estimate of drug-likeness (QED) is 0.772. The van der Waals surface area contributed by atoms with Crippen LogP contribution in [-0.2, 0) is 6.42 Å². The second kappa shape index (κ2) is 5.74. The number of hydrogen-bond acceptors (Lipinski definition) is 4. The lowest BCUT2D eigenvalue weighted by Crippen LogP contribution is -2.38. The van der Waals surface area contributed by atoms with Crippen LogP contribution in [0.3, 0.4) is 0 Å². The first-order chi connectivity index (χ1) is 8.19. The van der Waals surface area contributed by atoms with Crippen molar-refractivity contribution in [2.24, 2.45) is 5.92 Å². The molecule has 4 heteroatoms. The molecule has 1 fully saturated rings. The summed E-state index contributed by atoms with van der Waals surface area (Å²) in [4.78, 5) is 17.4. The molecule has 1 saturated heterocycles. The van der Waals surface area contributed by atoms with Crippen LogP contribution in [0.5, 0.6) is 0 Å². The largest absolute Gasteiger partial charge is 0.301 e. The molecule has 0 radical (unpaired) electrons. The van der Waals surface area contributed by atoms with E-state index >= 15 is 0 Å². The Morgan fingerprint density at radius 1 is 1.53 bits per heavy atom. The van der Waals surface area contributed by atoms with Gasteiger partial charge in [0.2, 0.25) is 0 Å². The van der Waals surface area contributed by atoms with E-state index in [2.05, 4.69) is 23.7 Å². The van der Waals surface area contributed by atoms with Crippen LogP contribution in [0.4, 0.5) is 0 Å². The Morgan fingerprint density at radius 2 is 2.24 bits per heavy atom. The van der Waals surface area contributed by atoms with E-state index in [1.165, 1.54) is 25.9 Å². The predicted octanol–water partition coefficient (Wildman–Crippen LogP) is 2.62. The normalized spacial score (nSPS) is 18.8. The molecule has 0 bridgehead atoms. The van der Waals surface area contributed by atoms with Crippen molar-refractivity contribution in [3.8, 4) is 0 Å². The van der Waals surface area contributed by atoms with Gasteiger partial charge in [-0.25, -0.2) is 4.98 Å². The van der Waals surface area contributed by atoms with Crippen LogP contribution < -0.4 is 0 Å². The molecule has 0 aromatic carbocycles. The Labute approximate surface area is 107 Å². The van der Waals surface area contributed by atoms with E-state index in [0.29, 0.717) is 11.7 Å². The Hall–Kier alpha value is -0.740. The van der Waals surface area contributed by atoms with Crippen molar-refractivity contribution in [3.05, 3.63) is 16.1 Å². The van der Waals surface area contributed by atoms with Crippen molar-refractivity contribution < 1.29 is 4.79 Å². The van der Waals surface area contributed by atoms with Crippen LogP contribution >= 0.6 is 11.3 Å². The van der Waals surface area contributed by atoms with E-state index in [0.717, 1.165) is 23.6 Å². The van der Waals surface area contributed by atoms with Gasteiger partial charge in [0.05, 0.1) is 5.01 Å². The van der Waals surface area contributed by atoms with E-state index in [4.69, 9.17) is 0 Å². The van der Waals surface area contributed by atoms with Crippen LogP contribution in [0.2, 0.25) is 0 Å². The van der Waals surface area contributed by atoms with Crippen molar-refractivity contribution in [3.63, 3.8) is 0 Å². The summed E-state index contributed by atoms with van der Waals surface area (Å²) in [6, 6.07) is 0.664. The van der Waals surface area contributed by atoms with Gasteiger partial charge in [0.15, 0.2) is 6.29 Å². The molecule has 0 atom stereocenters. The molecule has 17 heavy (non-hydrogen) atoms. The maximum atomic E-state index is 10.6. The van der Waals surface area contributed by atoms with E-state index < -0.39 is 0 Å². The number of aromatic nitrogens is 1. The third kappa shape index (κ3) is 3.36. The Morgan fingerprint density at radius 3 is 2.76 bits per heavy atom. The second-order valence-corrected chi connectivity index (χ2v) is 6.00. The standard InChI is InChI=1S/C13H20N2OS/c1-10(2)15-5-3-11(4-6-15)7-13-14-12(8-16)9-17-13/h8-11H,3-7H2,1-2H3. The molecule has 2 heterocycles. The molecule has 0 saturated carbocycles. The molecule has 0 spiro atoms. The number of carbonyl (C=O) groups excluding carboxylic acids is 1. The topological polar surface area (TPSA) is 33.2 Å². The van der Waals surface area contributed by atoms with Crippen molar-refractivity contribution in [1.29, 1.82) is 0 Å². The molecule has 0 amide bonds. The lowest BCUT2D eigenvalue weighted by atomic mass is 9.93. The summed E-state index contributed by atoms with van der Waals surface area (Å²) in [5, 5.41) is 2.97. The zero-order chi connectivity index (χ0) is 12.3. The highest BCUT2D eigenvalue weighted by molar-refractivity contribution is 7.09. The fourth-order valence-electron chi connectivity index (χ4n) is 2.39. The number of likely N-dealkylation sites (tertiary alicyclic amines) is 1. The minimum atomic E-state index is 0.588. The Balaban J connectivity index is 1.83. The van der Waals surface area contributed by atoms with Gasteiger partial charge < -0.3 is 4.90 Å². The zero-order valence-corrected chi connectivity index (χ0v) is 11.4. The Bertz CT molecular complexity index is 367. The highest BCUT2D eigenvalue weighted by Gasteiger charge is 2.21. The Kier molecular flexibility index (Phi) is 4.29. The molecule has 1 aromatic heterocycles. The first kappa shape index (κ1) is 12.7. The third-order valence-corrected chi connectivity index (χ3v) is 4.42. The van der Waals surface area contributed by atoms with Crippen LogP contribution in [-0.4, -0.2) is 35.3 Å². The van der Waals surface area contributed by atoms with Gasteiger partial charge in [0.25, 0.3) is 0 Å². The summed E-state index contributed by atoms with van der Waals surface area (Å²) >= 11 is 1.62. The number of nitrogens with zero attached hydrogens (tertiary/aromatic N) is 2. The molecule has 1 aliphatic heterocycles. The van der Waals surface area contributed by atoms with Crippen LogP contribution in [0.25, 0.3) is 0 Å². The van der Waals surface area contributed by atoms with Gasteiger partial charge in [0.1, 0.15) is 5.69 Å². The number of aldehydes is 1. The van der Waals surface area contributed by atoms with Gasteiger partial charge >= 0.3 is 0 Å². The SMILES string of the molecule is CC(C)N1CCC(Cc2nc(C=O)cs2)CC1. The average Bonchev–Trinajstić information content (AvgIpc) is 2.77. The summed E-state index contributed by atoms with van der Waals surface area (Å²) in [5.41, 5.74) is 0.588. The van der Waals surface area contributed by atoms with Gasteiger partial charge in [-0.3, -0.25) is 4.79 Å². The molecular formula is C13H20N2OS. The third-order valence-electron chi connectivity index (χ3n) is 3.53. The van der Waals surface area contributed by atoms with Gasteiger partial charge in [-0.15, -0.1) is 11.3 Å². The molecule has 2 rings (SSSR count). The minimum absolute atomic E-state index is 0.588. The van der Waals surface area contributed by atoms with Crippen LogP contribution in [0.1, 0.15) is 42.2 Å². The molecule has 1 aromatic rings. The summed E-state index contributed by atoms with van der Waals surface area (Å²) in [7, 11) is 0. The van der Waals surface area contributed by atoms with Crippen molar-refractivity contribution in [1.82, 2.24) is 9.88 Å². The summed E-state index contributed by atoms with van der Waals surface area (Å²) in [6.45, 7) is 6.93. The highest BCUT2D eigenvalue weighted by atomic mass is 32.1. The fraction of sp³-hybridized carbons (Fsp3) is 0.692. The fourth-order valence-corrected chi connectivity index (χ4v) is 3.25. The van der Waals surface area contributed by atoms with Crippen LogP contribution in [0, 0.1) is 5.92 Å². The van der Waals surface area contributed by atoms with Crippen molar-refractivity contribution >= 4 is 17.6 Å². The number of piperidine rings is 1. The molecule has 1 aliphatic rings. The monoisotopic (exact) mass is 252 g/mol. The summed E-state index contributed by atoms with van der Waals surface area (Å²) in [6.07, 6.45) is 4.40. The van der Waals surface area contributed by atoms with Crippen molar-refractivity contribution in [2.75, 3.05) is 13.1 Å². The number of carbonyl (C=O) groups is 1. The second-order valence-electron chi connectivity index (χ2n) is 5.06. The number of rotatable bonds is 4. The average molecular weight is 252 g/mol. The predicted molar refractivity (Wildman–Crippen MR) is 70.6 cm³/mol. The van der Waals surface area contributed by atoms with Gasteiger partial charge in [0, 0.05) is 17.8 Å². The summed E-state index contributed by atoms with van der Waals surface area (Å²) in [5.74, 6) is 0.746. The maximum Gasteiger partial charge on any atom is 0.169 e. The molecule has 0 aliphatic carbocycles. The number of hydrogen-bond donors (Lipinski definition) is 0. The molecule has 3 nitrogen and oxygen atoms in total. The highest BCUT2D eigenvalue weighted by Crippen LogP contribution is 2.24. The van der Waals surface area contributed by atoms with Gasteiger partial charge in [-0.2, -0.15) is 0 Å². The van der Waals surface area contributed by atoms with E-state index in [1.807, 2.05) is 5.38 Å². The van der Waals surface area contributed by atoms with Gasteiger partial charge in [-0.05, 0) is 45.7 Å². The smallest absolute Gasteiger partial charge is 0.169 e. The zero-order valence-electron chi connectivity index (χ0n) is 10.6. The lowest BCUT2D eigenvalue weighted by Gasteiger charge is -2.34. The van der Waals surface area contributed by atoms with Crippen LogP contribution in [0.15, 0.2) is 5.38 Å².